The molecule has 0 N–H and O–H groups in total. The smallest absolute Gasteiger partial charge is 0.417 e. The van der Waals surface area contributed by atoms with E-state index in [1.807, 2.05) is 0 Å². The van der Waals surface area contributed by atoms with Crippen molar-refractivity contribution in [3.8, 4) is 5.69 Å². The van der Waals surface area contributed by atoms with E-state index in [2.05, 4.69) is 4.98 Å². The molecule has 0 aliphatic heterocycles. The summed E-state index contributed by atoms with van der Waals surface area (Å²) in [5.74, 6) is -4.57. The van der Waals surface area contributed by atoms with Crippen molar-refractivity contribution in [2.75, 3.05) is 11.4 Å². The first-order valence-corrected chi connectivity index (χ1v) is 9.80. The SMILES string of the molecule is CCCN(C(=O)OC(C)(C)C)c1nc2c(F)ccc(F)c2c(=O)n1-c1cc(F)cc(F)c1. The summed E-state index contributed by atoms with van der Waals surface area (Å²) in [6.45, 7) is 6.55. The molecule has 1 heterocycles. The second-order valence-electron chi connectivity index (χ2n) is 8.06. The number of anilines is 1. The van der Waals surface area contributed by atoms with E-state index >= 15 is 0 Å². The van der Waals surface area contributed by atoms with E-state index in [4.69, 9.17) is 4.74 Å². The van der Waals surface area contributed by atoms with Gasteiger partial charge in [-0.2, -0.15) is 0 Å². The number of fused-ring (bicyclic) bond motifs is 1. The first-order chi connectivity index (χ1) is 14.9. The van der Waals surface area contributed by atoms with Gasteiger partial charge in [0.15, 0.2) is 0 Å². The van der Waals surface area contributed by atoms with Gasteiger partial charge in [0.05, 0.1) is 5.69 Å². The number of aromatic nitrogens is 2. The summed E-state index contributed by atoms with van der Waals surface area (Å²) < 4.78 is 62.9. The van der Waals surface area contributed by atoms with Crippen LogP contribution < -0.4 is 10.5 Å². The van der Waals surface area contributed by atoms with E-state index in [1.54, 1.807) is 27.7 Å². The molecule has 10 heteroatoms. The largest absolute Gasteiger partial charge is 0.443 e. The molecule has 0 saturated carbocycles. The minimum absolute atomic E-state index is 0.0262. The Bertz CT molecular complexity index is 1230. The summed E-state index contributed by atoms with van der Waals surface area (Å²) in [4.78, 5) is 31.1. The molecule has 0 spiro atoms. The van der Waals surface area contributed by atoms with E-state index in [9.17, 15) is 27.2 Å². The third-order valence-electron chi connectivity index (χ3n) is 4.31. The molecular formula is C22H21F4N3O3. The van der Waals surface area contributed by atoms with Crippen LogP contribution in [0.4, 0.5) is 28.3 Å². The summed E-state index contributed by atoms with van der Waals surface area (Å²) in [7, 11) is 0. The van der Waals surface area contributed by atoms with Gasteiger partial charge in [0, 0.05) is 12.6 Å². The first-order valence-electron chi connectivity index (χ1n) is 9.80. The topological polar surface area (TPSA) is 64.4 Å². The highest BCUT2D eigenvalue weighted by Crippen LogP contribution is 2.25. The van der Waals surface area contributed by atoms with Crippen LogP contribution in [-0.4, -0.2) is 27.8 Å². The Morgan fingerprint density at radius 3 is 2.22 bits per heavy atom. The quantitative estimate of drug-likeness (QED) is 0.518. The van der Waals surface area contributed by atoms with Gasteiger partial charge < -0.3 is 4.74 Å². The van der Waals surface area contributed by atoms with Gasteiger partial charge in [-0.1, -0.05) is 6.92 Å². The van der Waals surface area contributed by atoms with Crippen LogP contribution in [0.1, 0.15) is 34.1 Å². The minimum atomic E-state index is -1.14. The van der Waals surface area contributed by atoms with E-state index in [1.165, 1.54) is 0 Å². The summed E-state index contributed by atoms with van der Waals surface area (Å²) in [5, 5.41) is -0.723. The molecule has 2 aromatic carbocycles. The number of amides is 1. The normalized spacial score (nSPS) is 11.6. The Morgan fingerprint density at radius 1 is 1.06 bits per heavy atom. The second kappa shape index (κ2) is 8.60. The van der Waals surface area contributed by atoms with Crippen LogP contribution in [0, 0.1) is 23.3 Å². The molecule has 0 saturated heterocycles. The van der Waals surface area contributed by atoms with Gasteiger partial charge in [0.1, 0.15) is 39.8 Å². The lowest BCUT2D eigenvalue weighted by Crippen LogP contribution is -2.41. The summed E-state index contributed by atoms with van der Waals surface area (Å²) >= 11 is 0. The average Bonchev–Trinajstić information content (AvgIpc) is 2.66. The Labute approximate surface area is 181 Å². The Balaban J connectivity index is 2.42. The molecule has 0 bridgehead atoms. The maximum atomic E-state index is 14.5. The van der Waals surface area contributed by atoms with Crippen LogP contribution >= 0.6 is 0 Å². The number of ether oxygens (including phenoxy) is 1. The zero-order valence-corrected chi connectivity index (χ0v) is 17.9. The van der Waals surface area contributed by atoms with Gasteiger partial charge in [0.2, 0.25) is 5.95 Å². The van der Waals surface area contributed by atoms with Gasteiger partial charge in [-0.25, -0.2) is 36.8 Å². The Morgan fingerprint density at radius 2 is 1.66 bits per heavy atom. The number of benzene rings is 2. The summed E-state index contributed by atoms with van der Waals surface area (Å²) in [5.41, 5.74) is -3.04. The zero-order valence-electron chi connectivity index (χ0n) is 17.9. The van der Waals surface area contributed by atoms with E-state index < -0.39 is 57.4 Å². The fraction of sp³-hybridized carbons (Fsp3) is 0.318. The number of halogens is 4. The minimum Gasteiger partial charge on any atom is -0.443 e. The number of rotatable bonds is 4. The van der Waals surface area contributed by atoms with Crippen molar-refractivity contribution in [1.29, 1.82) is 0 Å². The highest BCUT2D eigenvalue weighted by Gasteiger charge is 2.29. The maximum absolute atomic E-state index is 14.5. The lowest BCUT2D eigenvalue weighted by Gasteiger charge is -2.28. The second-order valence-corrected chi connectivity index (χ2v) is 8.06. The monoisotopic (exact) mass is 451 g/mol. The molecule has 0 aliphatic rings. The molecule has 0 atom stereocenters. The van der Waals surface area contributed by atoms with E-state index in [-0.39, 0.29) is 12.2 Å². The molecule has 6 nitrogen and oxygen atoms in total. The van der Waals surface area contributed by atoms with Crippen LogP contribution in [0.3, 0.4) is 0 Å². The maximum Gasteiger partial charge on any atom is 0.417 e. The highest BCUT2D eigenvalue weighted by atomic mass is 19.1. The molecule has 0 aliphatic carbocycles. The van der Waals surface area contributed by atoms with Crippen LogP contribution in [0.15, 0.2) is 35.1 Å². The predicted octanol–water partition coefficient (Wildman–Crippen LogP) is 5.09. The molecule has 0 fully saturated rings. The average molecular weight is 451 g/mol. The van der Waals surface area contributed by atoms with Gasteiger partial charge in [-0.3, -0.25) is 4.79 Å². The number of carbonyl (C=O) groups is 1. The lowest BCUT2D eigenvalue weighted by molar-refractivity contribution is 0.0577. The van der Waals surface area contributed by atoms with Crippen LogP contribution in [0.25, 0.3) is 16.6 Å². The van der Waals surface area contributed by atoms with Crippen molar-refractivity contribution in [2.45, 2.75) is 39.7 Å². The van der Waals surface area contributed by atoms with Crippen molar-refractivity contribution >= 4 is 22.9 Å². The molecule has 3 rings (SSSR count). The number of carbonyl (C=O) groups excluding carboxylic acids is 1. The van der Waals surface area contributed by atoms with E-state index in [0.29, 0.717) is 17.1 Å². The van der Waals surface area contributed by atoms with Gasteiger partial charge in [-0.15, -0.1) is 0 Å². The summed E-state index contributed by atoms with van der Waals surface area (Å²) in [6, 6.07) is 3.75. The van der Waals surface area contributed by atoms with E-state index in [0.717, 1.165) is 29.2 Å². The third kappa shape index (κ3) is 4.58. The Hall–Kier alpha value is -3.43. The number of hydrogen-bond donors (Lipinski definition) is 0. The Kier molecular flexibility index (Phi) is 6.25. The first kappa shape index (κ1) is 23.2. The molecule has 1 aromatic heterocycles. The fourth-order valence-corrected chi connectivity index (χ4v) is 3.10. The number of nitrogens with zero attached hydrogens (tertiary/aromatic N) is 3. The van der Waals surface area contributed by atoms with Crippen molar-refractivity contribution in [2.24, 2.45) is 0 Å². The van der Waals surface area contributed by atoms with Gasteiger partial charge in [0.25, 0.3) is 5.56 Å². The zero-order chi connectivity index (χ0) is 23.8. The van der Waals surface area contributed by atoms with Crippen LogP contribution in [-0.2, 0) is 4.74 Å². The van der Waals surface area contributed by atoms with Crippen molar-refractivity contribution in [1.82, 2.24) is 9.55 Å². The third-order valence-corrected chi connectivity index (χ3v) is 4.31. The van der Waals surface area contributed by atoms with Crippen molar-refractivity contribution < 1.29 is 27.1 Å². The van der Waals surface area contributed by atoms with Gasteiger partial charge in [-0.05, 0) is 51.5 Å². The molecule has 0 unspecified atom stereocenters. The summed E-state index contributed by atoms with van der Waals surface area (Å²) in [6.07, 6.45) is -0.552. The predicted molar refractivity (Wildman–Crippen MR) is 111 cm³/mol. The van der Waals surface area contributed by atoms with Crippen molar-refractivity contribution in [3.63, 3.8) is 0 Å². The molecule has 32 heavy (non-hydrogen) atoms. The van der Waals surface area contributed by atoms with Crippen LogP contribution in [0.2, 0.25) is 0 Å². The fourth-order valence-electron chi connectivity index (χ4n) is 3.10. The van der Waals surface area contributed by atoms with Gasteiger partial charge >= 0.3 is 6.09 Å². The molecular weight excluding hydrogens is 430 g/mol. The molecule has 0 radical (unpaired) electrons. The molecule has 170 valence electrons. The lowest BCUT2D eigenvalue weighted by atomic mass is 10.2. The highest BCUT2D eigenvalue weighted by molar-refractivity contribution is 5.88. The molecule has 3 aromatic rings. The van der Waals surface area contributed by atoms with Crippen molar-refractivity contribution in [3.05, 3.63) is 64.0 Å². The van der Waals surface area contributed by atoms with Crippen LogP contribution in [0.5, 0.6) is 0 Å². The number of hydrogen-bond acceptors (Lipinski definition) is 4. The molecule has 1 amide bonds. The standard InChI is InChI=1S/C22H21F4N3O3/c1-5-8-28(21(31)32-22(2,3)4)20-27-18-16(26)7-6-15(25)17(18)19(30)29(20)14-10-12(23)9-13(24)11-14/h6-7,9-11H,5,8H2,1-4H3.